The molecule has 0 saturated heterocycles. The third-order valence-electron chi connectivity index (χ3n) is 5.27. The molecule has 1 heterocycles. The van der Waals surface area contributed by atoms with Gasteiger partial charge in [0.15, 0.2) is 11.5 Å². The number of hydrogen-bond acceptors (Lipinski definition) is 4. The fourth-order valence-electron chi connectivity index (χ4n) is 3.65. The maximum Gasteiger partial charge on any atom is 0.243 e. The lowest BCUT2D eigenvalue weighted by Crippen LogP contribution is -2.50. The Morgan fingerprint density at radius 3 is 2.44 bits per heavy atom. The fraction of sp³-hybridized carbons (Fsp3) is 0.417. The molecule has 2 amide bonds. The van der Waals surface area contributed by atoms with Gasteiger partial charge >= 0.3 is 0 Å². The van der Waals surface area contributed by atoms with Crippen molar-refractivity contribution in [2.45, 2.75) is 58.7 Å². The van der Waals surface area contributed by atoms with Gasteiger partial charge in [-0.15, -0.1) is 0 Å². The number of halogens is 2. The number of nitrogens with zero attached hydrogens (tertiary/aromatic N) is 1. The Hall–Kier alpha value is -2.44. The molecular weight excluding hydrogens is 451 g/mol. The molecule has 8 heteroatoms. The van der Waals surface area contributed by atoms with Gasteiger partial charge in [-0.05, 0) is 56.5 Å². The van der Waals surface area contributed by atoms with Crippen molar-refractivity contribution in [3.63, 3.8) is 0 Å². The fourth-order valence-corrected chi connectivity index (χ4v) is 4.16. The summed E-state index contributed by atoms with van der Waals surface area (Å²) in [4.78, 5) is 27.8. The van der Waals surface area contributed by atoms with E-state index in [9.17, 15) is 9.59 Å². The number of ether oxygens (including phenoxy) is 2. The number of fused-ring (bicyclic) bond motifs is 1. The van der Waals surface area contributed by atoms with Crippen LogP contribution in [0.2, 0.25) is 10.0 Å². The van der Waals surface area contributed by atoms with Crippen LogP contribution >= 0.6 is 23.2 Å². The largest absolute Gasteiger partial charge is 0.454 e. The van der Waals surface area contributed by atoms with Gasteiger partial charge in [-0.2, -0.15) is 0 Å². The number of carbonyl (C=O) groups excluding carboxylic acids is 2. The molecule has 0 unspecified atom stereocenters. The van der Waals surface area contributed by atoms with E-state index in [1.807, 2.05) is 39.0 Å². The quantitative estimate of drug-likeness (QED) is 0.551. The summed E-state index contributed by atoms with van der Waals surface area (Å²) in [7, 11) is 0. The molecule has 0 spiro atoms. The summed E-state index contributed by atoms with van der Waals surface area (Å²) in [5, 5.41) is 3.84. The first-order valence-corrected chi connectivity index (χ1v) is 11.5. The van der Waals surface area contributed by atoms with Crippen LogP contribution in [0.5, 0.6) is 11.5 Å². The minimum atomic E-state index is -0.631. The van der Waals surface area contributed by atoms with Gasteiger partial charge in [0.05, 0.1) is 0 Å². The molecule has 172 valence electrons. The molecule has 0 bridgehead atoms. The monoisotopic (exact) mass is 478 g/mol. The summed E-state index contributed by atoms with van der Waals surface area (Å²) < 4.78 is 10.8. The second-order valence-corrected chi connectivity index (χ2v) is 8.81. The van der Waals surface area contributed by atoms with Gasteiger partial charge in [-0.25, -0.2) is 0 Å². The summed E-state index contributed by atoms with van der Waals surface area (Å²) in [6.07, 6.45) is 1.20. The van der Waals surface area contributed by atoms with Crippen molar-refractivity contribution in [2.75, 3.05) is 6.79 Å². The van der Waals surface area contributed by atoms with E-state index in [0.717, 1.165) is 5.56 Å². The van der Waals surface area contributed by atoms with Gasteiger partial charge < -0.3 is 19.7 Å². The number of hydrogen-bond donors (Lipinski definition) is 1. The van der Waals surface area contributed by atoms with E-state index in [4.69, 9.17) is 32.7 Å². The highest BCUT2D eigenvalue weighted by atomic mass is 35.5. The van der Waals surface area contributed by atoms with Crippen molar-refractivity contribution < 1.29 is 19.1 Å². The van der Waals surface area contributed by atoms with E-state index in [0.29, 0.717) is 39.9 Å². The maximum absolute atomic E-state index is 13.4. The highest BCUT2D eigenvalue weighted by molar-refractivity contribution is 6.36. The zero-order valence-electron chi connectivity index (χ0n) is 18.5. The molecule has 3 rings (SSSR count). The average molecular weight is 479 g/mol. The second kappa shape index (κ2) is 10.9. The molecule has 0 saturated carbocycles. The predicted octanol–water partition coefficient (Wildman–Crippen LogP) is 4.99. The van der Waals surface area contributed by atoms with Crippen LogP contribution in [-0.2, 0) is 22.6 Å². The second-order valence-electron chi connectivity index (χ2n) is 8.00. The standard InChI is InChI=1S/C24H28Cl2N2O4/c1-4-20(24(30)27-15(2)3)28(13-17-18(25)6-5-7-19(17)26)23(29)11-9-16-8-10-21-22(12-16)32-14-31-21/h5-8,10,12,15,20H,4,9,11,13-14H2,1-3H3,(H,27,30)/t20-/m1/s1. The van der Waals surface area contributed by atoms with Gasteiger partial charge in [0.2, 0.25) is 18.6 Å². The molecule has 6 nitrogen and oxygen atoms in total. The number of aryl methyl sites for hydroxylation is 1. The highest BCUT2D eigenvalue weighted by Crippen LogP contribution is 2.33. The first kappa shape index (κ1) is 24.2. The Morgan fingerprint density at radius 1 is 1.09 bits per heavy atom. The van der Waals surface area contributed by atoms with Gasteiger partial charge in [0, 0.05) is 34.6 Å². The van der Waals surface area contributed by atoms with Crippen LogP contribution in [0.1, 0.15) is 44.7 Å². The Labute approximate surface area is 198 Å². The van der Waals surface area contributed by atoms with Gasteiger partial charge in [-0.1, -0.05) is 42.3 Å². The smallest absolute Gasteiger partial charge is 0.243 e. The molecule has 1 aliphatic rings. The molecule has 0 aromatic heterocycles. The maximum atomic E-state index is 13.4. The summed E-state index contributed by atoms with van der Waals surface area (Å²) in [6.45, 7) is 6.02. The Kier molecular flexibility index (Phi) is 8.26. The Balaban J connectivity index is 1.81. The first-order chi connectivity index (χ1) is 15.3. The van der Waals surface area contributed by atoms with Crippen LogP contribution in [0.15, 0.2) is 36.4 Å². The van der Waals surface area contributed by atoms with Crippen LogP contribution in [0, 0.1) is 0 Å². The van der Waals surface area contributed by atoms with E-state index in [1.54, 1.807) is 23.1 Å². The molecule has 0 aliphatic carbocycles. The van der Waals surface area contributed by atoms with Crippen molar-refractivity contribution in [2.24, 2.45) is 0 Å². The SMILES string of the molecule is CC[C@H](C(=O)NC(C)C)N(Cc1c(Cl)cccc1Cl)C(=O)CCc1ccc2c(c1)OCO2. The number of rotatable bonds is 9. The first-order valence-electron chi connectivity index (χ1n) is 10.7. The summed E-state index contributed by atoms with van der Waals surface area (Å²) in [6, 6.07) is 10.2. The zero-order valence-corrected chi connectivity index (χ0v) is 20.0. The third-order valence-corrected chi connectivity index (χ3v) is 5.98. The van der Waals surface area contributed by atoms with Crippen molar-refractivity contribution >= 4 is 35.0 Å². The Morgan fingerprint density at radius 2 is 1.78 bits per heavy atom. The van der Waals surface area contributed by atoms with Crippen molar-refractivity contribution in [1.29, 1.82) is 0 Å². The molecule has 1 atom stereocenters. The van der Waals surface area contributed by atoms with E-state index >= 15 is 0 Å². The predicted molar refractivity (Wildman–Crippen MR) is 125 cm³/mol. The average Bonchev–Trinajstić information content (AvgIpc) is 3.21. The lowest BCUT2D eigenvalue weighted by Gasteiger charge is -2.31. The molecule has 0 fully saturated rings. The van der Waals surface area contributed by atoms with Crippen LogP contribution in [0.25, 0.3) is 0 Å². The lowest BCUT2D eigenvalue weighted by molar-refractivity contribution is -0.141. The number of benzene rings is 2. The van der Waals surface area contributed by atoms with Gasteiger partial charge in [0.25, 0.3) is 0 Å². The summed E-state index contributed by atoms with van der Waals surface area (Å²) in [5.74, 6) is 1.04. The minimum absolute atomic E-state index is 0.0361. The van der Waals surface area contributed by atoms with Crippen molar-refractivity contribution in [3.05, 3.63) is 57.6 Å². The van der Waals surface area contributed by atoms with Crippen LogP contribution in [0.4, 0.5) is 0 Å². The summed E-state index contributed by atoms with van der Waals surface area (Å²) in [5.41, 5.74) is 1.58. The molecule has 2 aromatic carbocycles. The minimum Gasteiger partial charge on any atom is -0.454 e. The molecule has 2 aromatic rings. The molecular formula is C24H28Cl2N2O4. The van der Waals surface area contributed by atoms with Crippen LogP contribution < -0.4 is 14.8 Å². The normalized spacial score (nSPS) is 13.2. The summed E-state index contributed by atoms with van der Waals surface area (Å²) >= 11 is 12.7. The topological polar surface area (TPSA) is 67.9 Å². The highest BCUT2D eigenvalue weighted by Gasteiger charge is 2.30. The molecule has 1 aliphatic heterocycles. The van der Waals surface area contributed by atoms with Gasteiger partial charge in [0.1, 0.15) is 6.04 Å². The molecule has 32 heavy (non-hydrogen) atoms. The van der Waals surface area contributed by atoms with Crippen molar-refractivity contribution in [1.82, 2.24) is 10.2 Å². The molecule has 0 radical (unpaired) electrons. The van der Waals surface area contributed by atoms with Crippen molar-refractivity contribution in [3.8, 4) is 11.5 Å². The van der Waals surface area contributed by atoms with E-state index in [-0.39, 0.29) is 37.6 Å². The van der Waals surface area contributed by atoms with E-state index in [2.05, 4.69) is 5.32 Å². The number of nitrogens with one attached hydrogen (secondary N) is 1. The van der Waals surface area contributed by atoms with E-state index in [1.165, 1.54) is 0 Å². The number of carbonyl (C=O) groups is 2. The third kappa shape index (κ3) is 5.87. The lowest BCUT2D eigenvalue weighted by atomic mass is 10.1. The molecule has 1 N–H and O–H groups in total. The van der Waals surface area contributed by atoms with E-state index < -0.39 is 6.04 Å². The van der Waals surface area contributed by atoms with Crippen LogP contribution in [-0.4, -0.2) is 35.6 Å². The van der Waals surface area contributed by atoms with Gasteiger partial charge in [-0.3, -0.25) is 9.59 Å². The zero-order chi connectivity index (χ0) is 23.3. The number of amides is 2. The Bertz CT molecular complexity index is 960. The van der Waals surface area contributed by atoms with Crippen LogP contribution in [0.3, 0.4) is 0 Å².